The summed E-state index contributed by atoms with van der Waals surface area (Å²) >= 11 is 0. The van der Waals surface area contributed by atoms with Gasteiger partial charge in [0.2, 0.25) is 0 Å². The molecule has 0 unspecified atom stereocenters. The second kappa shape index (κ2) is 13.6. The second-order valence-corrected chi connectivity index (χ2v) is 16.0. The van der Waals surface area contributed by atoms with Crippen molar-refractivity contribution in [1.29, 1.82) is 0 Å². The van der Waals surface area contributed by atoms with Crippen molar-refractivity contribution < 1.29 is 0 Å². The Morgan fingerprint density at radius 2 is 1.12 bits per heavy atom. The highest BCUT2D eigenvalue weighted by Gasteiger charge is 2.36. The Morgan fingerprint density at radius 1 is 0.508 bits per heavy atom. The second-order valence-electron chi connectivity index (χ2n) is 16.0. The number of hydrogen-bond acceptors (Lipinski definition) is 1. The van der Waals surface area contributed by atoms with Crippen LogP contribution in [0.5, 0.6) is 0 Å². The number of hydrogen-bond donors (Lipinski definition) is 0. The molecule has 1 aromatic heterocycles. The highest BCUT2D eigenvalue weighted by atomic mass is 15.0. The molecule has 0 N–H and O–H groups in total. The molecule has 0 saturated heterocycles. The summed E-state index contributed by atoms with van der Waals surface area (Å²) < 4.78 is 2.46. The van der Waals surface area contributed by atoms with E-state index < -0.39 is 0 Å². The van der Waals surface area contributed by atoms with Gasteiger partial charge in [-0.1, -0.05) is 166 Å². The normalized spacial score (nSPS) is 13.7. The van der Waals surface area contributed by atoms with Gasteiger partial charge in [0.15, 0.2) is 11.7 Å². The monoisotopic (exact) mass is 756 g/mol. The van der Waals surface area contributed by atoms with Gasteiger partial charge in [0, 0.05) is 38.4 Å². The molecule has 0 spiro atoms. The lowest BCUT2D eigenvalue weighted by atomic mass is 9.82. The van der Waals surface area contributed by atoms with E-state index in [0.29, 0.717) is 18.2 Å². The van der Waals surface area contributed by atoms with Gasteiger partial charge in [0.25, 0.3) is 0 Å². The Hall–Kier alpha value is -7.43. The van der Waals surface area contributed by atoms with Gasteiger partial charge in [-0.05, 0) is 91.8 Å². The third-order valence-corrected chi connectivity index (χ3v) is 12.3. The number of aliphatic imine (C=N–C) groups is 3. The molecule has 0 fully saturated rings. The van der Waals surface area contributed by atoms with Crippen LogP contribution in [0.2, 0.25) is 0 Å². The number of benzene rings is 9. The third kappa shape index (κ3) is 5.48. The zero-order valence-electron chi connectivity index (χ0n) is 33.0. The summed E-state index contributed by atoms with van der Waals surface area (Å²) in [5.74, 6) is 1.13. The first kappa shape index (κ1) is 34.8. The van der Waals surface area contributed by atoms with Crippen molar-refractivity contribution in [2.75, 3.05) is 0 Å². The molecule has 1 aliphatic rings. The van der Waals surface area contributed by atoms with Crippen LogP contribution in [0.1, 0.15) is 41.7 Å². The first-order chi connectivity index (χ1) is 29.0. The Morgan fingerprint density at radius 3 is 1.86 bits per heavy atom. The Kier molecular flexibility index (Phi) is 8.02. The van der Waals surface area contributed by atoms with E-state index in [4.69, 9.17) is 9.98 Å². The van der Waals surface area contributed by atoms with E-state index in [2.05, 4.69) is 176 Å². The number of para-hydroxylation sites is 1. The van der Waals surface area contributed by atoms with Crippen LogP contribution in [0.4, 0.5) is 0 Å². The molecular weight excluding hydrogens is 717 g/mol. The first-order valence-electron chi connectivity index (χ1n) is 20.2. The molecule has 0 amide bonds. The minimum atomic E-state index is -0.150. The van der Waals surface area contributed by atoms with E-state index in [-0.39, 0.29) is 5.41 Å². The van der Waals surface area contributed by atoms with Crippen LogP contribution >= 0.6 is 0 Å². The minimum absolute atomic E-state index is 0.150. The highest BCUT2D eigenvalue weighted by Crippen LogP contribution is 2.51. The van der Waals surface area contributed by atoms with E-state index in [9.17, 15) is 0 Å². The molecule has 4 nitrogen and oxygen atoms in total. The summed E-state index contributed by atoms with van der Waals surface area (Å²) in [6, 6.07) is 65.2. The zero-order chi connectivity index (χ0) is 39.7. The average molecular weight is 757 g/mol. The average Bonchev–Trinajstić information content (AvgIpc) is 3.73. The van der Waals surface area contributed by atoms with Gasteiger partial charge in [0.05, 0.1) is 17.6 Å². The zero-order valence-corrected chi connectivity index (χ0v) is 33.0. The molecule has 0 radical (unpaired) electrons. The lowest BCUT2D eigenvalue weighted by Gasteiger charge is -2.22. The van der Waals surface area contributed by atoms with E-state index in [0.717, 1.165) is 44.1 Å². The van der Waals surface area contributed by atoms with Crippen molar-refractivity contribution in [3.05, 3.63) is 210 Å². The van der Waals surface area contributed by atoms with E-state index in [1.165, 1.54) is 54.7 Å². The van der Waals surface area contributed by atoms with Crippen LogP contribution in [-0.2, 0) is 12.0 Å². The number of aromatic nitrogens is 1. The van der Waals surface area contributed by atoms with Crippen LogP contribution in [0, 0.1) is 0 Å². The maximum absolute atomic E-state index is 5.38. The maximum atomic E-state index is 5.38. The van der Waals surface area contributed by atoms with Gasteiger partial charge in [-0.3, -0.25) is 4.99 Å². The molecule has 1 aliphatic carbocycles. The smallest absolute Gasteiger partial charge is 0.161 e. The molecule has 9 aromatic carbocycles. The van der Waals surface area contributed by atoms with Crippen molar-refractivity contribution in [3.63, 3.8) is 0 Å². The van der Waals surface area contributed by atoms with Crippen LogP contribution < -0.4 is 0 Å². The summed E-state index contributed by atoms with van der Waals surface area (Å²) in [4.78, 5) is 15.2. The molecular formula is C55H40N4. The summed E-state index contributed by atoms with van der Waals surface area (Å²) in [6.45, 7) is 9.16. The van der Waals surface area contributed by atoms with Gasteiger partial charge in [-0.25, -0.2) is 9.98 Å². The Bertz CT molecular complexity index is 3390. The van der Waals surface area contributed by atoms with Crippen molar-refractivity contribution in [3.8, 4) is 16.8 Å². The Labute approximate surface area is 343 Å². The fourth-order valence-corrected chi connectivity index (χ4v) is 9.57. The van der Waals surface area contributed by atoms with Gasteiger partial charge in [-0.15, -0.1) is 0 Å². The summed E-state index contributed by atoms with van der Waals surface area (Å²) in [5.41, 5.74) is 11.5. The predicted octanol–water partition coefficient (Wildman–Crippen LogP) is 13.6. The Balaban J connectivity index is 1.28. The fourth-order valence-electron chi connectivity index (χ4n) is 9.57. The number of nitrogens with zero attached hydrogens (tertiary/aromatic N) is 4. The first-order valence-corrected chi connectivity index (χ1v) is 20.2. The third-order valence-electron chi connectivity index (χ3n) is 12.3. The maximum Gasteiger partial charge on any atom is 0.161 e. The van der Waals surface area contributed by atoms with Crippen molar-refractivity contribution >= 4 is 72.5 Å². The molecule has 280 valence electrons. The van der Waals surface area contributed by atoms with Gasteiger partial charge in [0.1, 0.15) is 0 Å². The molecule has 0 bridgehead atoms. The SMILES string of the molecule is C=N/C(=N\C(=N/Cc1ccccc1)c1cc(-n2c3ccccc3c3cc4c(cc32)C(C)(C)c2ccccc2-4)cc2c3ccccc3c3ccccc3c12)c1ccccc1. The summed E-state index contributed by atoms with van der Waals surface area (Å²) in [5, 5.41) is 9.43. The quantitative estimate of drug-likeness (QED) is 0.0953. The van der Waals surface area contributed by atoms with Gasteiger partial charge >= 0.3 is 0 Å². The molecule has 10 aromatic rings. The van der Waals surface area contributed by atoms with Gasteiger partial charge in [-0.2, -0.15) is 0 Å². The molecule has 4 heteroatoms. The van der Waals surface area contributed by atoms with Crippen LogP contribution in [-0.4, -0.2) is 23.0 Å². The highest BCUT2D eigenvalue weighted by molar-refractivity contribution is 6.31. The van der Waals surface area contributed by atoms with Crippen LogP contribution in [0.15, 0.2) is 197 Å². The van der Waals surface area contributed by atoms with Crippen molar-refractivity contribution in [2.24, 2.45) is 15.0 Å². The fraction of sp³-hybridized carbons (Fsp3) is 0.0727. The molecule has 59 heavy (non-hydrogen) atoms. The number of fused-ring (bicyclic) bond motifs is 12. The minimum Gasteiger partial charge on any atom is -0.309 e. The van der Waals surface area contributed by atoms with Crippen molar-refractivity contribution in [2.45, 2.75) is 25.8 Å². The number of rotatable bonds is 5. The summed E-state index contributed by atoms with van der Waals surface area (Å²) in [6.07, 6.45) is 0. The standard InChI is InChI=1S/C55H40N4/c1-55(2)48-28-16-14-25-41(48)44-32-45-42-26-15-17-29-50(42)59(51(45)33-49(44)55)37-30-46-40-24-11-10-22-38(40)39-23-12-13-27-43(39)52(46)47(31-37)54(57-34-35-18-6-4-7-19-35)58-53(56-3)36-20-8-5-9-21-36/h4-33H,3,34H2,1-2H3/b57-54-,58-53-. The summed E-state index contributed by atoms with van der Waals surface area (Å²) in [7, 11) is 0. The van der Waals surface area contributed by atoms with E-state index >= 15 is 0 Å². The van der Waals surface area contributed by atoms with E-state index in [1.807, 2.05) is 36.4 Å². The van der Waals surface area contributed by atoms with Gasteiger partial charge < -0.3 is 4.57 Å². The van der Waals surface area contributed by atoms with Crippen LogP contribution in [0.25, 0.3) is 70.9 Å². The van der Waals surface area contributed by atoms with E-state index in [1.54, 1.807) is 0 Å². The molecule has 0 atom stereocenters. The number of amidine groups is 2. The van der Waals surface area contributed by atoms with Crippen molar-refractivity contribution in [1.82, 2.24) is 4.57 Å². The molecule has 0 saturated carbocycles. The predicted molar refractivity (Wildman–Crippen MR) is 250 cm³/mol. The van der Waals surface area contributed by atoms with Crippen LogP contribution in [0.3, 0.4) is 0 Å². The largest absolute Gasteiger partial charge is 0.309 e. The lowest BCUT2D eigenvalue weighted by molar-refractivity contribution is 0.661. The topological polar surface area (TPSA) is 42.0 Å². The molecule has 11 rings (SSSR count). The lowest BCUT2D eigenvalue weighted by Crippen LogP contribution is -2.15. The molecule has 0 aliphatic heterocycles. The molecule has 1 heterocycles.